The molecule has 2 amide bonds. The third-order valence-corrected chi connectivity index (χ3v) is 5.90. The molecule has 9 nitrogen and oxygen atoms in total. The zero-order valence-corrected chi connectivity index (χ0v) is 22.7. The van der Waals surface area contributed by atoms with Gasteiger partial charge in [0.25, 0.3) is 0 Å². The van der Waals surface area contributed by atoms with Crippen molar-refractivity contribution in [2.24, 2.45) is 17.6 Å². The number of nitrogens with one attached hydrogen (secondary N) is 1. The highest BCUT2D eigenvalue weighted by Gasteiger charge is 2.59. The van der Waals surface area contributed by atoms with Crippen molar-refractivity contribution in [2.75, 3.05) is 27.9 Å². The van der Waals surface area contributed by atoms with Crippen molar-refractivity contribution in [1.82, 2.24) is 5.32 Å². The molecule has 202 valence electrons. The Morgan fingerprint density at radius 2 is 1.79 bits per heavy atom. The van der Waals surface area contributed by atoms with Gasteiger partial charge in [-0.25, -0.2) is 4.79 Å². The van der Waals surface area contributed by atoms with Gasteiger partial charge < -0.3 is 35.5 Å². The zero-order valence-electron chi connectivity index (χ0n) is 22.7. The van der Waals surface area contributed by atoms with E-state index in [-0.39, 0.29) is 17.6 Å². The lowest BCUT2D eigenvalue weighted by Gasteiger charge is -2.41. The third kappa shape index (κ3) is 10.7. The summed E-state index contributed by atoms with van der Waals surface area (Å²) in [5.41, 5.74) is 6.32. The number of carbonyl (C=O) groups excluding carboxylic acids is 2. The Morgan fingerprint density at radius 3 is 2.21 bits per heavy atom. The molecule has 0 aromatic heterocycles. The molecule has 2 fully saturated rings. The van der Waals surface area contributed by atoms with E-state index >= 15 is 0 Å². The number of rotatable bonds is 9. The second-order valence-corrected chi connectivity index (χ2v) is 8.44. The monoisotopic (exact) mass is 490 g/mol. The molecule has 1 saturated heterocycles. The van der Waals surface area contributed by atoms with Crippen LogP contribution in [0.4, 0.5) is 4.79 Å². The largest absolute Gasteiger partial charge is 0.443 e. The first-order valence-electron chi connectivity index (χ1n) is 12.2. The van der Waals surface area contributed by atoms with Gasteiger partial charge >= 0.3 is 6.09 Å². The first-order chi connectivity index (χ1) is 16.2. The summed E-state index contributed by atoms with van der Waals surface area (Å²) in [4.78, 5) is 23.7. The van der Waals surface area contributed by atoms with Crippen LogP contribution < -0.4 is 11.1 Å². The number of primary amides is 1. The van der Waals surface area contributed by atoms with Crippen LogP contribution in [0.5, 0.6) is 0 Å². The van der Waals surface area contributed by atoms with E-state index in [1.165, 1.54) is 5.57 Å². The van der Waals surface area contributed by atoms with Crippen molar-refractivity contribution in [2.45, 2.75) is 97.5 Å². The van der Waals surface area contributed by atoms with E-state index in [0.717, 1.165) is 33.5 Å². The van der Waals surface area contributed by atoms with E-state index in [2.05, 4.69) is 32.2 Å². The van der Waals surface area contributed by atoms with Crippen molar-refractivity contribution in [3.05, 3.63) is 11.6 Å². The molecule has 0 aromatic rings. The molecule has 1 saturated carbocycles. The number of nitrogens with two attached hydrogens (primary N) is 1. The molecule has 2 aliphatic rings. The van der Waals surface area contributed by atoms with Gasteiger partial charge in [-0.1, -0.05) is 46.3 Å². The molecule has 0 radical (unpaired) electrons. The second-order valence-electron chi connectivity index (χ2n) is 8.44. The maximum Gasteiger partial charge on any atom is 0.408 e. The number of alkyl carbamates (subject to hydrolysis) is 1. The summed E-state index contributed by atoms with van der Waals surface area (Å²) in [5.74, 6) is 0.129. The van der Waals surface area contributed by atoms with Gasteiger partial charge in [0.15, 0.2) is 0 Å². The predicted octanol–water partition coefficient (Wildman–Crippen LogP) is 3.16. The molecule has 9 heteroatoms. The average Bonchev–Trinajstić information content (AvgIpc) is 3.61. The Morgan fingerprint density at radius 1 is 1.24 bits per heavy atom. The highest BCUT2D eigenvalue weighted by molar-refractivity contribution is 5.84. The van der Waals surface area contributed by atoms with Gasteiger partial charge in [-0.15, -0.1) is 0 Å². The standard InChI is InChI=1S/C21H36N2O5.C2H6.2CH4O/c1-6-15(19(22)24)23-20(25)28-16-10-11-21(12-27-21)17(18(16)26-5)14(4)9-7-8-13(2)3;3*1-2/h9,13,15-18H,6-8,10-12H2,1-5H3,(H2,22,24)(H,23,25);1-2H3;2*2H,1H3/b14-9+;;;/t15-,16-,17?,18-,21+;;;/m1.../s1. The van der Waals surface area contributed by atoms with Gasteiger partial charge in [-0.05, 0) is 44.9 Å². The SMILES string of the molecule is CC.CC[C@@H](NC(=O)O[C@@H]1CC[C@]2(CO2)C(/C(C)=C/CCC(C)C)[C@@H]1OC)C(N)=O.CO.CO. The fraction of sp³-hybridized carbons (Fsp3) is 0.840. The van der Waals surface area contributed by atoms with E-state index < -0.39 is 24.1 Å². The number of aliphatic hydroxyl groups excluding tert-OH is 2. The van der Waals surface area contributed by atoms with E-state index in [0.29, 0.717) is 25.4 Å². The molecule has 1 unspecified atom stereocenters. The number of amides is 2. The first-order valence-corrected chi connectivity index (χ1v) is 12.2. The quantitative estimate of drug-likeness (QED) is 0.287. The fourth-order valence-electron chi connectivity index (χ4n) is 4.18. The van der Waals surface area contributed by atoms with Crippen LogP contribution >= 0.6 is 0 Å². The highest BCUT2D eigenvalue weighted by Crippen LogP contribution is 2.50. The summed E-state index contributed by atoms with van der Waals surface area (Å²) >= 11 is 0. The number of hydrogen-bond acceptors (Lipinski definition) is 7. The number of ether oxygens (including phenoxy) is 3. The lowest BCUT2D eigenvalue weighted by Crippen LogP contribution is -2.52. The summed E-state index contributed by atoms with van der Waals surface area (Å²) in [6.45, 7) is 13.0. The average molecular weight is 491 g/mol. The van der Waals surface area contributed by atoms with Crippen molar-refractivity contribution in [3.63, 3.8) is 0 Å². The number of hydrogen-bond donors (Lipinski definition) is 4. The number of epoxide rings is 1. The maximum atomic E-state index is 12.3. The van der Waals surface area contributed by atoms with Gasteiger partial charge in [-0.2, -0.15) is 0 Å². The first kappa shape index (κ1) is 34.5. The van der Waals surface area contributed by atoms with Crippen LogP contribution in [-0.4, -0.2) is 74.0 Å². The number of allylic oxidation sites excluding steroid dienone is 1. The normalized spacial score (nSPS) is 26.0. The molecule has 1 aliphatic carbocycles. The van der Waals surface area contributed by atoms with Gasteiger partial charge in [0.05, 0.1) is 6.61 Å². The lowest BCUT2D eigenvalue weighted by molar-refractivity contribution is -0.120. The van der Waals surface area contributed by atoms with Gasteiger partial charge in [-0.3, -0.25) is 4.79 Å². The van der Waals surface area contributed by atoms with Crippen LogP contribution in [0.2, 0.25) is 0 Å². The minimum absolute atomic E-state index is 0.0503. The van der Waals surface area contributed by atoms with Crippen LogP contribution in [0.3, 0.4) is 0 Å². The van der Waals surface area contributed by atoms with E-state index in [9.17, 15) is 9.59 Å². The van der Waals surface area contributed by atoms with E-state index in [1.807, 2.05) is 13.8 Å². The maximum absolute atomic E-state index is 12.3. The summed E-state index contributed by atoms with van der Waals surface area (Å²) < 4.78 is 17.3. The molecule has 34 heavy (non-hydrogen) atoms. The Balaban J connectivity index is 0. The summed E-state index contributed by atoms with van der Waals surface area (Å²) in [7, 11) is 3.65. The Labute approximate surface area is 206 Å². The minimum atomic E-state index is -0.733. The minimum Gasteiger partial charge on any atom is -0.443 e. The van der Waals surface area contributed by atoms with E-state index in [4.69, 9.17) is 30.2 Å². The molecule has 1 aliphatic heterocycles. The second kappa shape index (κ2) is 18.6. The van der Waals surface area contributed by atoms with Crippen molar-refractivity contribution >= 4 is 12.0 Å². The molecule has 1 heterocycles. The molecular formula is C25H50N2O7. The zero-order chi connectivity index (χ0) is 26.9. The lowest BCUT2D eigenvalue weighted by atomic mass is 9.72. The van der Waals surface area contributed by atoms with Crippen molar-refractivity contribution in [3.8, 4) is 0 Å². The van der Waals surface area contributed by atoms with Crippen LogP contribution in [0, 0.1) is 11.8 Å². The Bertz CT molecular complexity index is 592. The number of carbonyl (C=O) groups is 2. The topological polar surface area (TPSA) is 144 Å². The summed E-state index contributed by atoms with van der Waals surface area (Å²) in [6, 6.07) is -0.733. The van der Waals surface area contributed by atoms with Crippen LogP contribution in [0.15, 0.2) is 11.6 Å². The highest BCUT2D eigenvalue weighted by atomic mass is 16.6. The van der Waals surface area contributed by atoms with Crippen LogP contribution in [0.25, 0.3) is 0 Å². The van der Waals surface area contributed by atoms with Gasteiger partial charge in [0.1, 0.15) is 23.9 Å². The molecule has 1 spiro atoms. The summed E-state index contributed by atoms with van der Waals surface area (Å²) in [6.07, 6.45) is 4.98. The molecule has 5 atom stereocenters. The smallest absolute Gasteiger partial charge is 0.408 e. The number of methoxy groups -OCH3 is 1. The third-order valence-electron chi connectivity index (χ3n) is 5.90. The number of aliphatic hydroxyl groups is 2. The predicted molar refractivity (Wildman–Crippen MR) is 134 cm³/mol. The molecule has 0 aromatic carbocycles. The van der Waals surface area contributed by atoms with Crippen molar-refractivity contribution in [1.29, 1.82) is 0 Å². The fourth-order valence-corrected chi connectivity index (χ4v) is 4.18. The molecular weight excluding hydrogens is 440 g/mol. The Kier molecular flexibility index (Phi) is 18.9. The van der Waals surface area contributed by atoms with Crippen LogP contribution in [-0.2, 0) is 19.0 Å². The summed E-state index contributed by atoms with van der Waals surface area (Å²) in [5, 5.41) is 16.5. The van der Waals surface area contributed by atoms with Crippen molar-refractivity contribution < 1.29 is 34.0 Å². The van der Waals surface area contributed by atoms with Gasteiger partial charge in [0, 0.05) is 27.2 Å². The molecule has 5 N–H and O–H groups in total. The van der Waals surface area contributed by atoms with E-state index in [1.54, 1.807) is 14.0 Å². The van der Waals surface area contributed by atoms with Gasteiger partial charge in [0.2, 0.25) is 5.91 Å². The Hall–Kier alpha value is -1.68. The van der Waals surface area contributed by atoms with Crippen LogP contribution in [0.1, 0.15) is 73.6 Å². The molecule has 0 bridgehead atoms. The molecule has 2 rings (SSSR count).